The van der Waals surface area contributed by atoms with Crippen molar-refractivity contribution in [2.75, 3.05) is 13.1 Å². The van der Waals surface area contributed by atoms with Gasteiger partial charge in [-0.15, -0.1) is 0 Å². The molecule has 1 N–H and O–H groups in total. The van der Waals surface area contributed by atoms with E-state index in [-0.39, 0.29) is 0 Å². The minimum atomic E-state index is -0.877. The van der Waals surface area contributed by atoms with Crippen LogP contribution in [0.2, 0.25) is 31.7 Å². The van der Waals surface area contributed by atoms with E-state index >= 15 is 0 Å². The standard InChI is InChI=1S/C14H34N2Si2/c1-6-14(2)15-17(12-13-18(3,4)5)16-10-8-7-9-11-16/h14-15,17H,6-13H2,1-5H3. The molecule has 0 bridgehead atoms. The molecule has 0 radical (unpaired) electrons. The lowest BCUT2D eigenvalue weighted by Crippen LogP contribution is -2.55. The van der Waals surface area contributed by atoms with Crippen molar-refractivity contribution in [2.45, 2.75) is 77.3 Å². The smallest absolute Gasteiger partial charge is 0.187 e. The molecule has 108 valence electrons. The van der Waals surface area contributed by atoms with Gasteiger partial charge in [0.25, 0.3) is 0 Å². The first kappa shape index (κ1) is 16.4. The van der Waals surface area contributed by atoms with E-state index in [1.165, 1.54) is 50.9 Å². The normalized spacial score (nSPS) is 21.8. The second-order valence-corrected chi connectivity index (χ2v) is 15.5. The predicted octanol–water partition coefficient (Wildman–Crippen LogP) is 3.42. The van der Waals surface area contributed by atoms with Gasteiger partial charge in [0.05, 0.1) is 0 Å². The highest BCUT2D eigenvalue weighted by Crippen LogP contribution is 2.18. The van der Waals surface area contributed by atoms with Gasteiger partial charge in [-0.1, -0.05) is 46.0 Å². The van der Waals surface area contributed by atoms with Gasteiger partial charge in [-0.25, -0.2) is 0 Å². The van der Waals surface area contributed by atoms with E-state index < -0.39 is 17.2 Å². The van der Waals surface area contributed by atoms with Crippen LogP contribution >= 0.6 is 0 Å². The number of hydrogen-bond acceptors (Lipinski definition) is 2. The Kier molecular flexibility index (Phi) is 7.13. The Balaban J connectivity index is 2.50. The van der Waals surface area contributed by atoms with Crippen molar-refractivity contribution in [1.29, 1.82) is 0 Å². The van der Waals surface area contributed by atoms with Crippen LogP contribution in [-0.2, 0) is 0 Å². The van der Waals surface area contributed by atoms with Crippen LogP contribution < -0.4 is 4.98 Å². The predicted molar refractivity (Wildman–Crippen MR) is 88.4 cm³/mol. The molecule has 18 heavy (non-hydrogen) atoms. The molecule has 1 heterocycles. The van der Waals surface area contributed by atoms with Crippen LogP contribution in [0.1, 0.15) is 39.5 Å². The Hall–Kier alpha value is 0.354. The fourth-order valence-corrected chi connectivity index (χ4v) is 9.80. The Morgan fingerprint density at radius 3 is 2.28 bits per heavy atom. The molecular formula is C14H34N2Si2. The Morgan fingerprint density at radius 2 is 1.78 bits per heavy atom. The molecule has 1 fully saturated rings. The first-order valence-corrected chi connectivity index (χ1v) is 13.5. The first-order chi connectivity index (χ1) is 8.42. The molecule has 0 aromatic rings. The van der Waals surface area contributed by atoms with Gasteiger partial charge in [0.15, 0.2) is 9.12 Å². The SMILES string of the molecule is CCC(C)N[SiH](CC[Si](C)(C)C)N1CCCCC1. The van der Waals surface area contributed by atoms with Crippen molar-refractivity contribution in [1.82, 2.24) is 9.55 Å². The van der Waals surface area contributed by atoms with Crippen molar-refractivity contribution < 1.29 is 0 Å². The Labute approximate surface area is 117 Å². The molecule has 1 aliphatic heterocycles. The van der Waals surface area contributed by atoms with Crippen LogP contribution in [-0.4, -0.2) is 40.9 Å². The van der Waals surface area contributed by atoms with E-state index in [0.717, 1.165) is 0 Å². The third kappa shape index (κ3) is 6.50. The molecule has 2 nitrogen and oxygen atoms in total. The molecule has 1 rings (SSSR count). The summed E-state index contributed by atoms with van der Waals surface area (Å²) in [6, 6.07) is 3.70. The Morgan fingerprint density at radius 1 is 1.17 bits per heavy atom. The maximum Gasteiger partial charge on any atom is 0.187 e. The number of hydrogen-bond donors (Lipinski definition) is 1. The molecule has 1 aliphatic rings. The zero-order chi connectivity index (χ0) is 13.6. The van der Waals surface area contributed by atoms with Gasteiger partial charge < -0.3 is 9.55 Å². The summed E-state index contributed by atoms with van der Waals surface area (Å²) in [7, 11) is -1.75. The van der Waals surface area contributed by atoms with Crippen molar-refractivity contribution in [3.63, 3.8) is 0 Å². The van der Waals surface area contributed by atoms with Crippen molar-refractivity contribution >= 4 is 17.2 Å². The molecule has 0 aliphatic carbocycles. The average Bonchev–Trinajstić information content (AvgIpc) is 2.34. The highest BCUT2D eigenvalue weighted by molar-refractivity contribution is 6.77. The largest absolute Gasteiger partial charge is 0.325 e. The number of piperidine rings is 1. The zero-order valence-corrected chi connectivity index (χ0v) is 15.4. The van der Waals surface area contributed by atoms with Crippen LogP contribution in [0, 0.1) is 0 Å². The fraction of sp³-hybridized carbons (Fsp3) is 1.00. The maximum absolute atomic E-state index is 4.00. The lowest BCUT2D eigenvalue weighted by atomic mass is 10.2. The molecule has 0 amide bonds. The summed E-state index contributed by atoms with van der Waals surface area (Å²) in [5.41, 5.74) is 0. The second kappa shape index (κ2) is 7.83. The van der Waals surface area contributed by atoms with Crippen molar-refractivity contribution in [2.24, 2.45) is 0 Å². The van der Waals surface area contributed by atoms with E-state index in [1.54, 1.807) is 0 Å². The van der Waals surface area contributed by atoms with E-state index in [2.05, 4.69) is 43.0 Å². The number of nitrogens with one attached hydrogen (secondary N) is 1. The molecule has 4 heteroatoms. The van der Waals surface area contributed by atoms with Crippen molar-refractivity contribution in [3.05, 3.63) is 0 Å². The topological polar surface area (TPSA) is 15.3 Å². The molecule has 2 atom stereocenters. The molecule has 0 saturated carbocycles. The van der Waals surface area contributed by atoms with Crippen LogP contribution in [0.3, 0.4) is 0 Å². The number of nitrogens with zero attached hydrogens (tertiary/aromatic N) is 1. The first-order valence-electron chi connectivity index (χ1n) is 7.92. The van der Waals surface area contributed by atoms with Gasteiger partial charge in [0, 0.05) is 8.07 Å². The van der Waals surface area contributed by atoms with Gasteiger partial charge in [0.1, 0.15) is 0 Å². The van der Waals surface area contributed by atoms with E-state index in [1.807, 2.05) is 0 Å². The molecule has 0 spiro atoms. The Bertz CT molecular complexity index is 222. The zero-order valence-electron chi connectivity index (χ0n) is 13.3. The van der Waals surface area contributed by atoms with Crippen LogP contribution in [0.15, 0.2) is 0 Å². The highest BCUT2D eigenvalue weighted by atomic mass is 28.3. The number of rotatable bonds is 7. The monoisotopic (exact) mass is 286 g/mol. The van der Waals surface area contributed by atoms with E-state index in [4.69, 9.17) is 0 Å². The molecular weight excluding hydrogens is 252 g/mol. The third-order valence-corrected chi connectivity index (χ3v) is 9.64. The van der Waals surface area contributed by atoms with E-state index in [0.29, 0.717) is 6.04 Å². The third-order valence-electron chi connectivity index (χ3n) is 4.09. The van der Waals surface area contributed by atoms with Crippen LogP contribution in [0.5, 0.6) is 0 Å². The van der Waals surface area contributed by atoms with Crippen LogP contribution in [0.25, 0.3) is 0 Å². The van der Waals surface area contributed by atoms with Crippen molar-refractivity contribution in [3.8, 4) is 0 Å². The maximum atomic E-state index is 4.00. The lowest BCUT2D eigenvalue weighted by Gasteiger charge is -2.36. The summed E-state index contributed by atoms with van der Waals surface area (Å²) in [5.74, 6) is 0. The summed E-state index contributed by atoms with van der Waals surface area (Å²) in [6.07, 6.45) is 5.58. The quantitative estimate of drug-likeness (QED) is 0.722. The molecule has 1 saturated heterocycles. The summed E-state index contributed by atoms with van der Waals surface area (Å²) in [4.78, 5) is 4.00. The second-order valence-electron chi connectivity index (χ2n) is 7.19. The fourth-order valence-electron chi connectivity index (χ4n) is 2.62. The average molecular weight is 287 g/mol. The minimum Gasteiger partial charge on any atom is -0.325 e. The van der Waals surface area contributed by atoms with Crippen LogP contribution in [0.4, 0.5) is 0 Å². The summed E-state index contributed by atoms with van der Waals surface area (Å²) in [6.45, 7) is 14.9. The lowest BCUT2D eigenvalue weighted by molar-refractivity contribution is 0.341. The van der Waals surface area contributed by atoms with Gasteiger partial charge in [-0.2, -0.15) is 0 Å². The van der Waals surface area contributed by atoms with Gasteiger partial charge >= 0.3 is 0 Å². The highest BCUT2D eigenvalue weighted by Gasteiger charge is 2.25. The van der Waals surface area contributed by atoms with Gasteiger partial charge in [-0.3, -0.25) is 0 Å². The molecule has 2 unspecified atom stereocenters. The summed E-state index contributed by atoms with van der Waals surface area (Å²) in [5, 5.41) is 0. The summed E-state index contributed by atoms with van der Waals surface area (Å²) < 4.78 is 2.84. The molecule has 0 aromatic carbocycles. The molecule has 0 aromatic heterocycles. The van der Waals surface area contributed by atoms with E-state index in [9.17, 15) is 0 Å². The minimum absolute atomic E-state index is 0.713. The summed E-state index contributed by atoms with van der Waals surface area (Å²) >= 11 is 0. The van der Waals surface area contributed by atoms with Gasteiger partial charge in [0.2, 0.25) is 0 Å². The van der Waals surface area contributed by atoms with Gasteiger partial charge in [-0.05, 0) is 44.4 Å².